The molecule has 0 aliphatic carbocycles. The van der Waals surface area contributed by atoms with Gasteiger partial charge in [0.25, 0.3) is 5.69 Å². The third-order valence-electron chi connectivity index (χ3n) is 3.18. The van der Waals surface area contributed by atoms with Crippen LogP contribution in [-0.4, -0.2) is 17.5 Å². The van der Waals surface area contributed by atoms with Gasteiger partial charge in [0.05, 0.1) is 17.1 Å². The lowest BCUT2D eigenvalue weighted by Crippen LogP contribution is -2.03. The van der Waals surface area contributed by atoms with Gasteiger partial charge in [-0.05, 0) is 25.1 Å². The summed E-state index contributed by atoms with van der Waals surface area (Å²) < 4.78 is 10.5. The molecule has 124 valence electrons. The molecule has 0 heterocycles. The Bertz CT molecular complexity index is 755. The molecule has 2 aromatic carbocycles. The topological polar surface area (TPSA) is 78.7 Å². The molecule has 24 heavy (non-hydrogen) atoms. The van der Waals surface area contributed by atoms with Crippen molar-refractivity contribution in [2.24, 2.45) is 0 Å². The Morgan fingerprint density at radius 1 is 1.17 bits per heavy atom. The van der Waals surface area contributed by atoms with E-state index in [-0.39, 0.29) is 12.3 Å². The van der Waals surface area contributed by atoms with Gasteiger partial charge in [0.1, 0.15) is 12.4 Å². The van der Waals surface area contributed by atoms with E-state index in [9.17, 15) is 14.9 Å². The van der Waals surface area contributed by atoms with Crippen LogP contribution in [0.5, 0.6) is 5.75 Å². The zero-order valence-electron chi connectivity index (χ0n) is 13.2. The van der Waals surface area contributed by atoms with Crippen molar-refractivity contribution in [2.45, 2.75) is 13.5 Å². The number of ether oxygens (including phenoxy) is 2. The molecule has 2 rings (SSSR count). The summed E-state index contributed by atoms with van der Waals surface area (Å²) >= 11 is 0. The summed E-state index contributed by atoms with van der Waals surface area (Å²) in [7, 11) is 0. The molecule has 0 aliphatic rings. The monoisotopic (exact) mass is 327 g/mol. The zero-order valence-corrected chi connectivity index (χ0v) is 13.2. The SMILES string of the molecule is CCOc1ccccc1/C=C/C(=O)OCc1ccccc1[N+](=O)[O-]. The van der Waals surface area contributed by atoms with Crippen molar-refractivity contribution in [3.63, 3.8) is 0 Å². The molecule has 6 nitrogen and oxygen atoms in total. The molecule has 0 radical (unpaired) electrons. The molecule has 0 unspecified atom stereocenters. The van der Waals surface area contributed by atoms with Gasteiger partial charge in [-0.25, -0.2) is 4.79 Å². The third-order valence-corrected chi connectivity index (χ3v) is 3.18. The summed E-state index contributed by atoms with van der Waals surface area (Å²) in [5, 5.41) is 10.9. The molecule has 0 N–H and O–H groups in total. The van der Waals surface area contributed by atoms with Crippen molar-refractivity contribution in [1.82, 2.24) is 0 Å². The predicted molar refractivity (Wildman–Crippen MR) is 89.5 cm³/mol. The van der Waals surface area contributed by atoms with E-state index in [1.165, 1.54) is 12.1 Å². The van der Waals surface area contributed by atoms with Crippen LogP contribution in [0.4, 0.5) is 5.69 Å². The second-order valence-electron chi connectivity index (χ2n) is 4.80. The van der Waals surface area contributed by atoms with E-state index in [0.717, 1.165) is 5.56 Å². The van der Waals surface area contributed by atoms with Gasteiger partial charge in [0.2, 0.25) is 0 Å². The van der Waals surface area contributed by atoms with E-state index in [4.69, 9.17) is 9.47 Å². The standard InChI is InChI=1S/C18H17NO5/c1-2-23-17-10-6-4-7-14(17)11-12-18(20)24-13-15-8-3-5-9-16(15)19(21)22/h3-12H,2,13H2,1H3/b12-11+. The van der Waals surface area contributed by atoms with E-state index in [0.29, 0.717) is 17.9 Å². The summed E-state index contributed by atoms with van der Waals surface area (Å²) in [6, 6.07) is 13.4. The molecule has 0 saturated heterocycles. The van der Waals surface area contributed by atoms with Crippen molar-refractivity contribution < 1.29 is 19.2 Å². The van der Waals surface area contributed by atoms with Gasteiger partial charge in [-0.15, -0.1) is 0 Å². The van der Waals surface area contributed by atoms with Crippen LogP contribution >= 0.6 is 0 Å². The first kappa shape index (κ1) is 17.2. The van der Waals surface area contributed by atoms with E-state index < -0.39 is 10.9 Å². The van der Waals surface area contributed by atoms with Gasteiger partial charge in [-0.1, -0.05) is 30.3 Å². The largest absolute Gasteiger partial charge is 0.493 e. The van der Waals surface area contributed by atoms with E-state index in [1.807, 2.05) is 31.2 Å². The highest BCUT2D eigenvalue weighted by Gasteiger charge is 2.13. The van der Waals surface area contributed by atoms with Crippen LogP contribution in [0.25, 0.3) is 6.08 Å². The summed E-state index contributed by atoms with van der Waals surface area (Å²) in [5.74, 6) is 0.0854. The molecule has 0 fully saturated rings. The molecule has 0 aromatic heterocycles. The van der Waals surface area contributed by atoms with Crippen LogP contribution in [0.15, 0.2) is 54.6 Å². The summed E-state index contributed by atoms with van der Waals surface area (Å²) in [6.07, 6.45) is 2.86. The van der Waals surface area contributed by atoms with Crippen molar-refractivity contribution in [3.05, 3.63) is 75.8 Å². The van der Waals surface area contributed by atoms with Crippen LogP contribution in [0.2, 0.25) is 0 Å². The second-order valence-corrected chi connectivity index (χ2v) is 4.80. The molecule has 6 heteroatoms. The van der Waals surface area contributed by atoms with Gasteiger partial charge < -0.3 is 9.47 Å². The van der Waals surface area contributed by atoms with E-state index >= 15 is 0 Å². The summed E-state index contributed by atoms with van der Waals surface area (Å²) in [5.41, 5.74) is 1.02. The molecule has 0 saturated carbocycles. The number of rotatable bonds is 7. The third kappa shape index (κ3) is 4.67. The molecular formula is C18H17NO5. The Morgan fingerprint density at radius 2 is 1.88 bits per heavy atom. The maximum absolute atomic E-state index is 11.8. The first-order chi connectivity index (χ1) is 11.6. The quantitative estimate of drug-likeness (QED) is 0.335. The van der Waals surface area contributed by atoms with Gasteiger partial charge in [-0.2, -0.15) is 0 Å². The van der Waals surface area contributed by atoms with Crippen LogP contribution in [0.1, 0.15) is 18.1 Å². The van der Waals surface area contributed by atoms with Gasteiger partial charge in [-0.3, -0.25) is 10.1 Å². The average Bonchev–Trinajstić information content (AvgIpc) is 2.59. The van der Waals surface area contributed by atoms with Crippen molar-refractivity contribution in [3.8, 4) is 5.75 Å². The minimum atomic E-state index is -0.584. The number of hydrogen-bond donors (Lipinski definition) is 0. The number of nitro groups is 1. The normalized spacial score (nSPS) is 10.5. The molecule has 0 bridgehead atoms. The highest BCUT2D eigenvalue weighted by Crippen LogP contribution is 2.20. The van der Waals surface area contributed by atoms with E-state index in [1.54, 1.807) is 24.3 Å². The van der Waals surface area contributed by atoms with Crippen molar-refractivity contribution in [2.75, 3.05) is 6.61 Å². The first-order valence-electron chi connectivity index (χ1n) is 7.40. The Kier molecular flexibility index (Phi) is 6.08. The molecule has 0 spiro atoms. The molecular weight excluding hydrogens is 310 g/mol. The maximum Gasteiger partial charge on any atom is 0.331 e. The molecule has 0 amide bonds. The van der Waals surface area contributed by atoms with Crippen LogP contribution in [0, 0.1) is 10.1 Å². The number of carbonyl (C=O) groups is 1. The minimum Gasteiger partial charge on any atom is -0.493 e. The smallest absolute Gasteiger partial charge is 0.331 e. The zero-order chi connectivity index (χ0) is 17.4. The fourth-order valence-corrected chi connectivity index (χ4v) is 2.07. The predicted octanol–water partition coefficient (Wildman–Crippen LogP) is 3.75. The number of nitrogens with zero attached hydrogens (tertiary/aromatic N) is 1. The second kappa shape index (κ2) is 8.47. The Balaban J connectivity index is 2.01. The number of nitro benzene ring substituents is 1. The molecule has 2 aromatic rings. The number of benzene rings is 2. The van der Waals surface area contributed by atoms with Crippen LogP contribution in [0.3, 0.4) is 0 Å². The van der Waals surface area contributed by atoms with Gasteiger partial charge in [0.15, 0.2) is 0 Å². The fourth-order valence-electron chi connectivity index (χ4n) is 2.07. The van der Waals surface area contributed by atoms with Gasteiger partial charge >= 0.3 is 5.97 Å². The van der Waals surface area contributed by atoms with Gasteiger partial charge in [0, 0.05) is 17.7 Å². The maximum atomic E-state index is 11.8. The highest BCUT2D eigenvalue weighted by molar-refractivity contribution is 5.87. The Labute approximate surface area is 139 Å². The highest BCUT2D eigenvalue weighted by atomic mass is 16.6. The van der Waals surface area contributed by atoms with Crippen molar-refractivity contribution in [1.29, 1.82) is 0 Å². The lowest BCUT2D eigenvalue weighted by atomic mass is 10.2. The number of esters is 1. The molecule has 0 atom stereocenters. The summed E-state index contributed by atoms with van der Waals surface area (Å²) in [6.45, 7) is 2.24. The Morgan fingerprint density at radius 3 is 2.62 bits per heavy atom. The average molecular weight is 327 g/mol. The van der Waals surface area contributed by atoms with Crippen molar-refractivity contribution >= 4 is 17.7 Å². The Hall–Kier alpha value is -3.15. The lowest BCUT2D eigenvalue weighted by molar-refractivity contribution is -0.385. The first-order valence-corrected chi connectivity index (χ1v) is 7.40. The lowest BCUT2D eigenvalue weighted by Gasteiger charge is -2.06. The summed E-state index contributed by atoms with van der Waals surface area (Å²) in [4.78, 5) is 22.2. The van der Waals surface area contributed by atoms with Crippen LogP contribution in [-0.2, 0) is 16.1 Å². The van der Waals surface area contributed by atoms with E-state index in [2.05, 4.69) is 0 Å². The molecule has 0 aliphatic heterocycles. The number of para-hydroxylation sites is 2. The number of hydrogen-bond acceptors (Lipinski definition) is 5. The van der Waals surface area contributed by atoms with Crippen LogP contribution < -0.4 is 4.74 Å². The number of carbonyl (C=O) groups excluding carboxylic acids is 1. The fraction of sp³-hybridized carbons (Fsp3) is 0.167. The minimum absolute atomic E-state index is 0.0732.